The van der Waals surface area contributed by atoms with Gasteiger partial charge in [0.05, 0.1) is 11.4 Å². The predicted molar refractivity (Wildman–Crippen MR) is 104 cm³/mol. The van der Waals surface area contributed by atoms with Gasteiger partial charge in [-0.3, -0.25) is 14.3 Å². The lowest BCUT2D eigenvalue weighted by Gasteiger charge is -2.07. The van der Waals surface area contributed by atoms with E-state index in [1.165, 1.54) is 16.8 Å². The van der Waals surface area contributed by atoms with Gasteiger partial charge >= 0.3 is 0 Å². The molecule has 0 aliphatic heterocycles. The summed E-state index contributed by atoms with van der Waals surface area (Å²) < 4.78 is 30.1. The van der Waals surface area contributed by atoms with Crippen LogP contribution in [0.2, 0.25) is 0 Å². The van der Waals surface area contributed by atoms with E-state index in [0.29, 0.717) is 11.4 Å². The molecule has 0 aliphatic carbocycles. The number of nitriles is 1. The first-order valence-corrected chi connectivity index (χ1v) is 8.56. The van der Waals surface area contributed by atoms with E-state index in [4.69, 9.17) is 0 Å². The zero-order chi connectivity index (χ0) is 21.1. The van der Waals surface area contributed by atoms with Crippen LogP contribution in [0.15, 0.2) is 58.9 Å². The molecule has 3 rings (SSSR count). The molecule has 146 valence electrons. The number of rotatable bonds is 4. The van der Waals surface area contributed by atoms with E-state index >= 15 is 0 Å². The number of aromatic nitrogens is 2. The van der Waals surface area contributed by atoms with E-state index in [-0.39, 0.29) is 11.3 Å². The summed E-state index contributed by atoms with van der Waals surface area (Å²) in [4.78, 5) is 25.4. The summed E-state index contributed by atoms with van der Waals surface area (Å²) in [6.07, 6.45) is 0.932. The zero-order valence-corrected chi connectivity index (χ0v) is 15.6. The predicted octanol–water partition coefficient (Wildman–Crippen LogP) is 3.31. The number of hydrogen-bond donors (Lipinski definition) is 1. The molecule has 0 saturated carbocycles. The smallest absolute Gasteiger partial charge is 0.295 e. The molecule has 1 amide bonds. The second kappa shape index (κ2) is 7.94. The van der Waals surface area contributed by atoms with Gasteiger partial charge in [0.2, 0.25) is 0 Å². The molecule has 0 bridgehead atoms. The van der Waals surface area contributed by atoms with Crippen LogP contribution in [-0.4, -0.2) is 15.3 Å². The SMILES string of the molecule is Cc1c(NC(=O)/C(C#N)=C\c2cccc(F)c2F)c(=O)n(-c2ccccc2)n1C. The lowest BCUT2D eigenvalue weighted by molar-refractivity contribution is -0.112. The third-order valence-corrected chi connectivity index (χ3v) is 4.44. The van der Waals surface area contributed by atoms with Gasteiger partial charge in [0, 0.05) is 12.6 Å². The molecule has 2 aromatic carbocycles. The Bertz CT molecular complexity index is 1220. The quantitative estimate of drug-likeness (QED) is 0.545. The summed E-state index contributed by atoms with van der Waals surface area (Å²) in [5.41, 5.74) is -0.157. The lowest BCUT2D eigenvalue weighted by Crippen LogP contribution is -2.23. The molecule has 0 saturated heterocycles. The first-order valence-electron chi connectivity index (χ1n) is 8.56. The van der Waals surface area contributed by atoms with Gasteiger partial charge in [-0.05, 0) is 31.2 Å². The summed E-state index contributed by atoms with van der Waals surface area (Å²) in [5, 5.41) is 11.7. The van der Waals surface area contributed by atoms with Gasteiger partial charge in [-0.25, -0.2) is 13.5 Å². The minimum Gasteiger partial charge on any atom is -0.315 e. The van der Waals surface area contributed by atoms with Crippen molar-refractivity contribution in [3.8, 4) is 11.8 Å². The number of hydrogen-bond acceptors (Lipinski definition) is 3. The van der Waals surface area contributed by atoms with Crippen molar-refractivity contribution in [1.29, 1.82) is 5.26 Å². The van der Waals surface area contributed by atoms with Crippen molar-refractivity contribution in [2.75, 3.05) is 5.32 Å². The summed E-state index contributed by atoms with van der Waals surface area (Å²) in [6, 6.07) is 13.9. The van der Waals surface area contributed by atoms with Crippen molar-refractivity contribution in [2.24, 2.45) is 7.05 Å². The summed E-state index contributed by atoms with van der Waals surface area (Å²) in [5.74, 6) is -3.17. The van der Waals surface area contributed by atoms with Gasteiger partial charge in [0.25, 0.3) is 11.5 Å². The van der Waals surface area contributed by atoms with Gasteiger partial charge in [-0.2, -0.15) is 5.26 Å². The Morgan fingerprint density at radius 3 is 2.48 bits per heavy atom. The van der Waals surface area contributed by atoms with Crippen LogP contribution in [0, 0.1) is 29.9 Å². The summed E-state index contributed by atoms with van der Waals surface area (Å²) in [7, 11) is 1.66. The standard InChI is InChI=1S/C21H16F2N4O2/c1-13-19(21(29)27(26(13)2)16-8-4-3-5-9-16)25-20(28)15(12-24)11-14-7-6-10-17(22)18(14)23/h3-11H,1-2H3,(H,25,28)/b15-11-. The molecule has 0 unspecified atom stereocenters. The first kappa shape index (κ1) is 19.8. The zero-order valence-electron chi connectivity index (χ0n) is 15.6. The highest BCUT2D eigenvalue weighted by molar-refractivity contribution is 6.09. The molecule has 0 spiro atoms. The van der Waals surface area contributed by atoms with Crippen molar-refractivity contribution in [1.82, 2.24) is 9.36 Å². The number of anilines is 1. The van der Waals surface area contributed by atoms with Crippen molar-refractivity contribution < 1.29 is 13.6 Å². The highest BCUT2D eigenvalue weighted by atomic mass is 19.2. The van der Waals surface area contributed by atoms with Crippen LogP contribution in [0.5, 0.6) is 0 Å². The fraction of sp³-hybridized carbons (Fsp3) is 0.0952. The van der Waals surface area contributed by atoms with Crippen LogP contribution in [0.25, 0.3) is 11.8 Å². The molecule has 0 fully saturated rings. The van der Waals surface area contributed by atoms with Crippen molar-refractivity contribution in [3.05, 3.63) is 87.3 Å². The number of para-hydroxylation sites is 1. The monoisotopic (exact) mass is 394 g/mol. The highest BCUT2D eigenvalue weighted by Gasteiger charge is 2.20. The third-order valence-electron chi connectivity index (χ3n) is 4.44. The minimum atomic E-state index is -1.17. The van der Waals surface area contributed by atoms with Crippen molar-refractivity contribution >= 4 is 17.7 Å². The average Bonchev–Trinajstić information content (AvgIpc) is 2.93. The Labute approximate surface area is 164 Å². The maximum Gasteiger partial charge on any atom is 0.295 e. The lowest BCUT2D eigenvalue weighted by atomic mass is 10.1. The number of nitrogens with zero attached hydrogens (tertiary/aromatic N) is 3. The maximum atomic E-state index is 13.8. The molecular weight excluding hydrogens is 378 g/mol. The van der Waals surface area contributed by atoms with Crippen LogP contribution in [0.4, 0.5) is 14.5 Å². The number of benzene rings is 2. The van der Waals surface area contributed by atoms with E-state index in [9.17, 15) is 23.6 Å². The van der Waals surface area contributed by atoms with E-state index in [2.05, 4.69) is 5.32 Å². The fourth-order valence-corrected chi connectivity index (χ4v) is 2.83. The average molecular weight is 394 g/mol. The summed E-state index contributed by atoms with van der Waals surface area (Å²) >= 11 is 0. The van der Waals surface area contributed by atoms with Gasteiger partial charge in [-0.1, -0.05) is 30.3 Å². The molecule has 1 N–H and O–H groups in total. The Balaban J connectivity index is 1.99. The summed E-state index contributed by atoms with van der Waals surface area (Å²) in [6.45, 7) is 1.64. The normalized spacial score (nSPS) is 11.2. The Morgan fingerprint density at radius 1 is 1.14 bits per heavy atom. The van der Waals surface area contributed by atoms with Crippen LogP contribution in [0.1, 0.15) is 11.3 Å². The van der Waals surface area contributed by atoms with Crippen LogP contribution in [-0.2, 0) is 11.8 Å². The van der Waals surface area contributed by atoms with Gasteiger partial charge in [0.1, 0.15) is 17.3 Å². The van der Waals surface area contributed by atoms with E-state index in [1.807, 2.05) is 6.07 Å². The number of nitrogens with one attached hydrogen (secondary N) is 1. The minimum absolute atomic E-state index is 0.0118. The molecule has 8 heteroatoms. The van der Waals surface area contributed by atoms with E-state index < -0.39 is 28.7 Å². The van der Waals surface area contributed by atoms with E-state index in [1.54, 1.807) is 49.0 Å². The van der Waals surface area contributed by atoms with Gasteiger partial charge < -0.3 is 5.32 Å². The van der Waals surface area contributed by atoms with Crippen LogP contribution >= 0.6 is 0 Å². The Kier molecular flexibility index (Phi) is 5.41. The molecular formula is C21H16F2N4O2. The molecule has 0 aliphatic rings. The number of amides is 1. The highest BCUT2D eigenvalue weighted by Crippen LogP contribution is 2.17. The molecule has 29 heavy (non-hydrogen) atoms. The number of carbonyl (C=O) groups is 1. The van der Waals surface area contributed by atoms with Gasteiger partial charge in [0.15, 0.2) is 11.6 Å². The number of halogens is 2. The van der Waals surface area contributed by atoms with E-state index in [0.717, 1.165) is 12.1 Å². The largest absolute Gasteiger partial charge is 0.315 e. The fourth-order valence-electron chi connectivity index (χ4n) is 2.83. The molecule has 0 radical (unpaired) electrons. The second-order valence-electron chi connectivity index (χ2n) is 6.20. The number of carbonyl (C=O) groups excluding carboxylic acids is 1. The van der Waals surface area contributed by atoms with Crippen LogP contribution in [0.3, 0.4) is 0 Å². The molecule has 1 aromatic heterocycles. The third kappa shape index (κ3) is 3.71. The molecule has 0 atom stereocenters. The Morgan fingerprint density at radius 2 is 1.83 bits per heavy atom. The molecule has 1 heterocycles. The topological polar surface area (TPSA) is 79.8 Å². The Hall–Kier alpha value is -3.99. The molecule has 6 nitrogen and oxygen atoms in total. The second-order valence-corrected chi connectivity index (χ2v) is 6.20. The van der Waals surface area contributed by atoms with Crippen molar-refractivity contribution in [2.45, 2.75) is 6.92 Å². The van der Waals surface area contributed by atoms with Crippen LogP contribution < -0.4 is 10.9 Å². The molecule has 3 aromatic rings. The van der Waals surface area contributed by atoms with Crippen molar-refractivity contribution in [3.63, 3.8) is 0 Å². The first-order chi connectivity index (χ1) is 13.8. The maximum absolute atomic E-state index is 13.8. The van der Waals surface area contributed by atoms with Gasteiger partial charge in [-0.15, -0.1) is 0 Å².